The zero-order valence-electron chi connectivity index (χ0n) is 15.6. The Kier molecular flexibility index (Phi) is 4.74. The smallest absolute Gasteiger partial charge is 0.363 e. The Labute approximate surface area is 161 Å². The first-order valence-corrected chi connectivity index (χ1v) is 8.98. The van der Waals surface area contributed by atoms with Gasteiger partial charge in [0.1, 0.15) is 5.75 Å². The molecule has 3 aromatic heterocycles. The van der Waals surface area contributed by atoms with E-state index in [4.69, 9.17) is 4.74 Å². The van der Waals surface area contributed by atoms with Crippen molar-refractivity contribution in [2.45, 2.75) is 19.4 Å². The Morgan fingerprint density at radius 3 is 2.89 bits per heavy atom. The molecule has 1 atom stereocenters. The molecule has 0 N–H and O–H groups in total. The standard InChI is InChI=1S/C19H20N6O3/c1-13-18(3-4-19(22-13)25(26)27)28-16-5-7-20-17(9-16)14-10-21-24(11-14)15-6-8-23(2)12-15/h3-5,7,9-11,15H,6,8,12H2,1-2H3. The third-order valence-corrected chi connectivity index (χ3v) is 4.81. The van der Waals surface area contributed by atoms with Gasteiger partial charge in [-0.3, -0.25) is 9.67 Å². The van der Waals surface area contributed by atoms with Gasteiger partial charge < -0.3 is 19.8 Å². The van der Waals surface area contributed by atoms with E-state index in [2.05, 4.69) is 27.0 Å². The molecule has 9 nitrogen and oxygen atoms in total. The van der Waals surface area contributed by atoms with Gasteiger partial charge in [-0.1, -0.05) is 0 Å². The number of ether oxygens (including phenoxy) is 1. The van der Waals surface area contributed by atoms with Crippen LogP contribution in [0.4, 0.5) is 5.82 Å². The predicted molar refractivity (Wildman–Crippen MR) is 102 cm³/mol. The highest BCUT2D eigenvalue weighted by Gasteiger charge is 2.22. The summed E-state index contributed by atoms with van der Waals surface area (Å²) in [4.78, 5) is 21.0. The molecule has 1 unspecified atom stereocenters. The minimum atomic E-state index is -0.527. The van der Waals surface area contributed by atoms with Crippen LogP contribution in [0, 0.1) is 17.0 Å². The number of nitro groups is 1. The van der Waals surface area contributed by atoms with Gasteiger partial charge in [0, 0.05) is 43.6 Å². The van der Waals surface area contributed by atoms with Gasteiger partial charge in [0.25, 0.3) is 0 Å². The summed E-state index contributed by atoms with van der Waals surface area (Å²) >= 11 is 0. The molecule has 3 aromatic rings. The van der Waals surface area contributed by atoms with Crippen molar-refractivity contribution in [2.75, 3.05) is 20.1 Å². The summed E-state index contributed by atoms with van der Waals surface area (Å²) in [5.74, 6) is 0.842. The maximum Gasteiger partial charge on any atom is 0.363 e. The third-order valence-electron chi connectivity index (χ3n) is 4.81. The Bertz CT molecular complexity index is 1020. The van der Waals surface area contributed by atoms with Gasteiger partial charge in [0.2, 0.25) is 0 Å². The minimum Gasteiger partial charge on any atom is -0.453 e. The summed E-state index contributed by atoms with van der Waals surface area (Å²) in [5.41, 5.74) is 2.12. The molecule has 0 spiro atoms. The van der Waals surface area contributed by atoms with Gasteiger partial charge in [0.15, 0.2) is 11.4 Å². The summed E-state index contributed by atoms with van der Waals surface area (Å²) in [6.07, 6.45) is 6.57. The first-order chi connectivity index (χ1) is 13.5. The van der Waals surface area contributed by atoms with Crippen molar-refractivity contribution in [3.63, 3.8) is 0 Å². The normalized spacial score (nSPS) is 17.0. The SMILES string of the molecule is Cc1nc([N+](=O)[O-])ccc1Oc1ccnc(-c2cnn(C3CCN(C)C3)c2)c1. The Balaban J connectivity index is 1.54. The van der Waals surface area contributed by atoms with E-state index in [1.54, 1.807) is 25.3 Å². The second kappa shape index (κ2) is 7.35. The molecule has 0 aromatic carbocycles. The number of hydrogen-bond donors (Lipinski definition) is 0. The highest BCUT2D eigenvalue weighted by Crippen LogP contribution is 2.29. The van der Waals surface area contributed by atoms with Crippen molar-refractivity contribution >= 4 is 5.82 Å². The van der Waals surface area contributed by atoms with E-state index in [0.717, 1.165) is 30.8 Å². The van der Waals surface area contributed by atoms with Crippen molar-refractivity contribution in [3.8, 4) is 22.8 Å². The maximum absolute atomic E-state index is 10.8. The molecule has 1 fully saturated rings. The molecular formula is C19H20N6O3. The van der Waals surface area contributed by atoms with Crippen LogP contribution in [0.15, 0.2) is 42.9 Å². The van der Waals surface area contributed by atoms with Gasteiger partial charge in [0.05, 0.1) is 17.9 Å². The van der Waals surface area contributed by atoms with E-state index in [9.17, 15) is 10.1 Å². The molecule has 144 valence electrons. The molecule has 0 amide bonds. The topological polar surface area (TPSA) is 99.2 Å². The first kappa shape index (κ1) is 18.1. The summed E-state index contributed by atoms with van der Waals surface area (Å²) in [6, 6.07) is 6.82. The summed E-state index contributed by atoms with van der Waals surface area (Å²) in [5, 5.41) is 15.3. The zero-order valence-corrected chi connectivity index (χ0v) is 15.6. The molecule has 1 aliphatic rings. The van der Waals surface area contributed by atoms with Crippen LogP contribution in [0.25, 0.3) is 11.3 Å². The molecule has 1 saturated heterocycles. The fraction of sp³-hybridized carbons (Fsp3) is 0.316. The minimum absolute atomic E-state index is 0.203. The third kappa shape index (κ3) is 3.70. The van der Waals surface area contributed by atoms with E-state index in [1.165, 1.54) is 6.07 Å². The molecular weight excluding hydrogens is 360 g/mol. The average Bonchev–Trinajstić information content (AvgIpc) is 3.32. The number of rotatable bonds is 5. The van der Waals surface area contributed by atoms with Crippen LogP contribution in [0.1, 0.15) is 18.2 Å². The van der Waals surface area contributed by atoms with Crippen molar-refractivity contribution in [1.29, 1.82) is 0 Å². The van der Waals surface area contributed by atoms with Gasteiger partial charge in [-0.05, 0) is 42.1 Å². The molecule has 0 saturated carbocycles. The van der Waals surface area contributed by atoms with Crippen LogP contribution in [0.2, 0.25) is 0 Å². The molecule has 0 radical (unpaired) electrons. The summed E-state index contributed by atoms with van der Waals surface area (Å²) < 4.78 is 7.87. The monoisotopic (exact) mass is 380 g/mol. The van der Waals surface area contributed by atoms with E-state index >= 15 is 0 Å². The van der Waals surface area contributed by atoms with E-state index in [0.29, 0.717) is 23.2 Å². The lowest BCUT2D eigenvalue weighted by molar-refractivity contribution is -0.389. The van der Waals surface area contributed by atoms with Crippen LogP contribution in [0.5, 0.6) is 11.5 Å². The second-order valence-corrected chi connectivity index (χ2v) is 6.90. The first-order valence-electron chi connectivity index (χ1n) is 8.98. The van der Waals surface area contributed by atoms with Crippen molar-refractivity contribution in [1.82, 2.24) is 24.6 Å². The largest absolute Gasteiger partial charge is 0.453 e. The Morgan fingerprint density at radius 2 is 2.18 bits per heavy atom. The average molecular weight is 380 g/mol. The lowest BCUT2D eigenvalue weighted by Gasteiger charge is -2.10. The fourth-order valence-corrected chi connectivity index (χ4v) is 3.30. The molecule has 4 heterocycles. The maximum atomic E-state index is 10.8. The number of aromatic nitrogens is 4. The highest BCUT2D eigenvalue weighted by atomic mass is 16.6. The summed E-state index contributed by atoms with van der Waals surface area (Å²) in [6.45, 7) is 3.74. The number of likely N-dealkylation sites (N-methyl/N-ethyl adjacent to an activating group) is 1. The van der Waals surface area contributed by atoms with E-state index in [1.807, 2.05) is 23.1 Å². The van der Waals surface area contributed by atoms with Crippen molar-refractivity contribution in [2.24, 2.45) is 0 Å². The molecule has 9 heteroatoms. The predicted octanol–water partition coefficient (Wildman–Crippen LogP) is 3.23. The van der Waals surface area contributed by atoms with E-state index < -0.39 is 4.92 Å². The lowest BCUT2D eigenvalue weighted by atomic mass is 10.2. The van der Waals surface area contributed by atoms with E-state index in [-0.39, 0.29) is 5.82 Å². The highest BCUT2D eigenvalue weighted by molar-refractivity contribution is 5.59. The number of nitrogens with zero attached hydrogens (tertiary/aromatic N) is 6. The number of pyridine rings is 2. The molecule has 4 rings (SSSR count). The van der Waals surface area contributed by atoms with Gasteiger partial charge >= 0.3 is 5.82 Å². The Hall–Kier alpha value is -3.33. The Morgan fingerprint density at radius 1 is 1.32 bits per heavy atom. The molecule has 28 heavy (non-hydrogen) atoms. The van der Waals surface area contributed by atoms with Crippen LogP contribution >= 0.6 is 0 Å². The fourth-order valence-electron chi connectivity index (χ4n) is 3.30. The van der Waals surface area contributed by atoms with Crippen LogP contribution in [0.3, 0.4) is 0 Å². The van der Waals surface area contributed by atoms with Crippen LogP contribution < -0.4 is 4.74 Å². The number of aryl methyl sites for hydroxylation is 1. The second-order valence-electron chi connectivity index (χ2n) is 6.90. The molecule has 0 bridgehead atoms. The van der Waals surface area contributed by atoms with Crippen molar-refractivity contribution in [3.05, 3.63) is 58.7 Å². The van der Waals surface area contributed by atoms with Gasteiger partial charge in [-0.2, -0.15) is 5.10 Å². The molecule has 1 aliphatic heterocycles. The zero-order chi connectivity index (χ0) is 19.7. The van der Waals surface area contributed by atoms with Gasteiger partial charge in [-0.25, -0.2) is 0 Å². The molecule has 0 aliphatic carbocycles. The van der Waals surface area contributed by atoms with Crippen LogP contribution in [-0.4, -0.2) is 49.7 Å². The van der Waals surface area contributed by atoms with Crippen molar-refractivity contribution < 1.29 is 9.66 Å². The van der Waals surface area contributed by atoms with Gasteiger partial charge in [-0.15, -0.1) is 0 Å². The number of likely N-dealkylation sites (tertiary alicyclic amines) is 1. The quantitative estimate of drug-likeness (QED) is 0.495. The van der Waals surface area contributed by atoms with Crippen LogP contribution in [-0.2, 0) is 0 Å². The number of hydrogen-bond acceptors (Lipinski definition) is 7. The summed E-state index contributed by atoms with van der Waals surface area (Å²) in [7, 11) is 2.11. The lowest BCUT2D eigenvalue weighted by Crippen LogP contribution is -2.16.